The molecule has 0 aliphatic heterocycles. The Morgan fingerprint density at radius 2 is 2.44 bits per heavy atom. The number of hydrogen-bond acceptors (Lipinski definition) is 1. The smallest absolute Gasteiger partial charge is 0.127 e. The van der Waals surface area contributed by atoms with Crippen LogP contribution >= 0.6 is 0 Å². The van der Waals surface area contributed by atoms with Gasteiger partial charge in [-0.05, 0) is 25.2 Å². The van der Waals surface area contributed by atoms with Gasteiger partial charge in [-0.25, -0.2) is 0 Å². The Labute approximate surface area is 56.1 Å². The molecule has 0 aromatic heterocycles. The van der Waals surface area contributed by atoms with Gasteiger partial charge in [0.25, 0.3) is 0 Å². The van der Waals surface area contributed by atoms with E-state index in [0.717, 1.165) is 19.3 Å². The second kappa shape index (κ2) is 2.04. The van der Waals surface area contributed by atoms with E-state index in [2.05, 4.69) is 5.92 Å². The van der Waals surface area contributed by atoms with Crippen LogP contribution in [0.4, 0.5) is 0 Å². The highest BCUT2D eigenvalue weighted by molar-refractivity contribution is 5.12. The van der Waals surface area contributed by atoms with Crippen molar-refractivity contribution >= 4 is 0 Å². The van der Waals surface area contributed by atoms with Gasteiger partial charge in [0, 0.05) is 0 Å². The van der Waals surface area contributed by atoms with Crippen molar-refractivity contribution < 1.29 is 5.11 Å². The van der Waals surface area contributed by atoms with Crippen LogP contribution in [0.5, 0.6) is 0 Å². The second-order valence-electron chi connectivity index (χ2n) is 2.86. The van der Waals surface area contributed by atoms with Gasteiger partial charge < -0.3 is 5.11 Å². The molecule has 0 saturated heterocycles. The topological polar surface area (TPSA) is 20.2 Å². The van der Waals surface area contributed by atoms with Crippen LogP contribution in [-0.2, 0) is 0 Å². The van der Waals surface area contributed by atoms with Gasteiger partial charge in [-0.3, -0.25) is 0 Å². The Morgan fingerprint density at radius 3 is 2.67 bits per heavy atom. The molecule has 50 valence electrons. The van der Waals surface area contributed by atoms with Crippen LogP contribution in [0, 0.1) is 18.3 Å². The van der Waals surface area contributed by atoms with Crippen LogP contribution in [-0.4, -0.2) is 10.7 Å². The maximum atomic E-state index is 9.53. The number of terminal acetylenes is 1. The quantitative estimate of drug-likeness (QED) is 0.481. The molecule has 0 aromatic rings. The van der Waals surface area contributed by atoms with Gasteiger partial charge in [-0.15, -0.1) is 6.42 Å². The Morgan fingerprint density at radius 1 is 1.78 bits per heavy atom. The summed E-state index contributed by atoms with van der Waals surface area (Å²) in [6.07, 6.45) is 8.08. The zero-order valence-corrected chi connectivity index (χ0v) is 5.72. The third-order valence-electron chi connectivity index (χ3n) is 2.26. The summed E-state index contributed by atoms with van der Waals surface area (Å²) in [5.74, 6) is 2.74. The highest BCUT2D eigenvalue weighted by Crippen LogP contribution is 2.34. The summed E-state index contributed by atoms with van der Waals surface area (Å²) in [4.78, 5) is 0. The molecule has 0 bridgehead atoms. The van der Waals surface area contributed by atoms with Crippen molar-refractivity contribution in [2.75, 3.05) is 0 Å². The van der Waals surface area contributed by atoms with E-state index in [0.29, 0.717) is 5.92 Å². The first-order chi connectivity index (χ1) is 4.19. The van der Waals surface area contributed by atoms with Gasteiger partial charge >= 0.3 is 0 Å². The summed E-state index contributed by atoms with van der Waals surface area (Å²) >= 11 is 0. The lowest BCUT2D eigenvalue weighted by atomic mass is 9.94. The lowest BCUT2D eigenvalue weighted by Crippen LogP contribution is -2.28. The normalized spacial score (nSPS) is 42.6. The van der Waals surface area contributed by atoms with Gasteiger partial charge in [-0.1, -0.05) is 12.8 Å². The molecular formula is C8H12O. The number of rotatable bonds is 0. The SMILES string of the molecule is C#C[C@]1(O)CCC[C@@H]1C. The van der Waals surface area contributed by atoms with Crippen LogP contribution in [0.2, 0.25) is 0 Å². The lowest BCUT2D eigenvalue weighted by Gasteiger charge is -2.19. The third kappa shape index (κ3) is 0.951. The van der Waals surface area contributed by atoms with Gasteiger partial charge in [0.1, 0.15) is 5.60 Å². The first-order valence-electron chi connectivity index (χ1n) is 3.39. The van der Waals surface area contributed by atoms with Crippen molar-refractivity contribution in [1.29, 1.82) is 0 Å². The molecule has 9 heavy (non-hydrogen) atoms. The number of aliphatic hydroxyl groups is 1. The van der Waals surface area contributed by atoms with Crippen LogP contribution in [0.25, 0.3) is 0 Å². The van der Waals surface area contributed by atoms with Crippen LogP contribution in [0.3, 0.4) is 0 Å². The van der Waals surface area contributed by atoms with Crippen molar-refractivity contribution in [1.82, 2.24) is 0 Å². The highest BCUT2D eigenvalue weighted by atomic mass is 16.3. The molecule has 1 aliphatic rings. The van der Waals surface area contributed by atoms with Crippen molar-refractivity contribution in [2.24, 2.45) is 5.92 Å². The molecule has 1 saturated carbocycles. The molecular weight excluding hydrogens is 112 g/mol. The van der Waals surface area contributed by atoms with Gasteiger partial charge in [0.15, 0.2) is 0 Å². The van der Waals surface area contributed by atoms with Crippen molar-refractivity contribution in [2.45, 2.75) is 31.8 Å². The molecule has 1 heteroatoms. The molecule has 0 aromatic carbocycles. The van der Waals surface area contributed by atoms with E-state index < -0.39 is 5.60 Å². The zero-order valence-electron chi connectivity index (χ0n) is 5.72. The minimum atomic E-state index is -0.778. The Hall–Kier alpha value is -0.480. The predicted octanol–water partition coefficient (Wildman–Crippen LogP) is 1.17. The van der Waals surface area contributed by atoms with E-state index in [-0.39, 0.29) is 0 Å². The summed E-state index contributed by atoms with van der Waals surface area (Å²) in [6, 6.07) is 0. The molecule has 1 aliphatic carbocycles. The van der Waals surface area contributed by atoms with Gasteiger partial charge in [0.2, 0.25) is 0 Å². The average molecular weight is 124 g/mol. The van der Waals surface area contributed by atoms with Crippen molar-refractivity contribution in [3.05, 3.63) is 0 Å². The molecule has 1 fully saturated rings. The van der Waals surface area contributed by atoms with Crippen molar-refractivity contribution in [3.8, 4) is 12.3 Å². The van der Waals surface area contributed by atoms with E-state index in [1.54, 1.807) is 0 Å². The first kappa shape index (κ1) is 6.64. The largest absolute Gasteiger partial charge is 0.377 e. The summed E-state index contributed by atoms with van der Waals surface area (Å²) < 4.78 is 0. The molecule has 0 heterocycles. The molecule has 1 N–H and O–H groups in total. The van der Waals surface area contributed by atoms with E-state index in [1.807, 2.05) is 6.92 Å². The Bertz CT molecular complexity index is 145. The van der Waals surface area contributed by atoms with Gasteiger partial charge in [0.05, 0.1) is 0 Å². The fourth-order valence-corrected chi connectivity index (χ4v) is 1.38. The highest BCUT2D eigenvalue weighted by Gasteiger charge is 2.35. The van der Waals surface area contributed by atoms with Crippen LogP contribution in [0.1, 0.15) is 26.2 Å². The maximum absolute atomic E-state index is 9.53. The van der Waals surface area contributed by atoms with Crippen molar-refractivity contribution in [3.63, 3.8) is 0 Å². The molecule has 0 radical (unpaired) electrons. The van der Waals surface area contributed by atoms with E-state index in [1.165, 1.54) is 0 Å². The molecule has 0 amide bonds. The molecule has 0 unspecified atom stereocenters. The molecule has 1 nitrogen and oxygen atoms in total. The fourth-order valence-electron chi connectivity index (χ4n) is 1.38. The second-order valence-corrected chi connectivity index (χ2v) is 2.86. The summed E-state index contributed by atoms with van der Waals surface area (Å²) in [5.41, 5.74) is -0.778. The fraction of sp³-hybridized carbons (Fsp3) is 0.750. The summed E-state index contributed by atoms with van der Waals surface area (Å²) in [7, 11) is 0. The molecule has 0 spiro atoms. The maximum Gasteiger partial charge on any atom is 0.127 e. The van der Waals surface area contributed by atoms with E-state index in [9.17, 15) is 5.11 Å². The Kier molecular flexibility index (Phi) is 1.50. The summed E-state index contributed by atoms with van der Waals surface area (Å²) in [5, 5.41) is 9.53. The summed E-state index contributed by atoms with van der Waals surface area (Å²) in [6.45, 7) is 2.01. The van der Waals surface area contributed by atoms with Gasteiger partial charge in [-0.2, -0.15) is 0 Å². The predicted molar refractivity (Wildman–Crippen MR) is 36.8 cm³/mol. The van der Waals surface area contributed by atoms with Crippen LogP contribution < -0.4 is 0 Å². The average Bonchev–Trinajstić information content (AvgIpc) is 2.15. The standard InChI is InChI=1S/C8H12O/c1-3-8(9)6-4-5-7(8)2/h1,7,9H,4-6H2,2H3/t7-,8-/m0/s1. The first-order valence-corrected chi connectivity index (χ1v) is 3.39. The molecule has 1 rings (SSSR count). The molecule has 2 atom stereocenters. The minimum absolute atomic E-state index is 0.294. The number of hydrogen-bond donors (Lipinski definition) is 1. The Balaban J connectivity index is 2.70. The monoisotopic (exact) mass is 124 g/mol. The zero-order chi connectivity index (χ0) is 6.91. The van der Waals surface area contributed by atoms with Crippen LogP contribution in [0.15, 0.2) is 0 Å². The lowest BCUT2D eigenvalue weighted by molar-refractivity contribution is 0.0689. The third-order valence-corrected chi connectivity index (χ3v) is 2.26. The van der Waals surface area contributed by atoms with E-state index in [4.69, 9.17) is 6.42 Å². The van der Waals surface area contributed by atoms with E-state index >= 15 is 0 Å². The minimum Gasteiger partial charge on any atom is -0.377 e.